The third-order valence-electron chi connectivity index (χ3n) is 3.18. The molecular formula is C16H15FN2O. The maximum Gasteiger partial charge on any atom is 0.146 e. The van der Waals surface area contributed by atoms with Gasteiger partial charge in [-0.1, -0.05) is 18.2 Å². The predicted molar refractivity (Wildman–Crippen MR) is 76.3 cm³/mol. The Morgan fingerprint density at radius 2 is 1.90 bits per heavy atom. The zero-order chi connectivity index (χ0) is 14.7. The monoisotopic (exact) mass is 270 g/mol. The first-order valence-corrected chi connectivity index (χ1v) is 6.25. The van der Waals surface area contributed by atoms with Crippen LogP contribution in [-0.4, -0.2) is 12.2 Å². The Labute approximate surface area is 117 Å². The van der Waals surface area contributed by atoms with Gasteiger partial charge in [0.05, 0.1) is 23.4 Å². The lowest BCUT2D eigenvalue weighted by molar-refractivity contribution is 0.200. The molecule has 4 heteroatoms. The van der Waals surface area contributed by atoms with E-state index in [1.165, 1.54) is 6.07 Å². The van der Waals surface area contributed by atoms with Crippen molar-refractivity contribution < 1.29 is 9.50 Å². The molecule has 0 aliphatic carbocycles. The van der Waals surface area contributed by atoms with E-state index in [0.29, 0.717) is 22.5 Å². The summed E-state index contributed by atoms with van der Waals surface area (Å²) in [4.78, 5) is 1.64. The van der Waals surface area contributed by atoms with Crippen molar-refractivity contribution in [2.24, 2.45) is 0 Å². The molecule has 0 aliphatic rings. The number of hydrogen-bond donors (Lipinski definition) is 1. The molecule has 1 atom stereocenters. The van der Waals surface area contributed by atoms with Crippen molar-refractivity contribution in [2.75, 3.05) is 11.9 Å². The lowest BCUT2D eigenvalue weighted by Crippen LogP contribution is -2.14. The maximum absolute atomic E-state index is 13.9. The summed E-state index contributed by atoms with van der Waals surface area (Å²) in [6, 6.07) is 13.4. The molecule has 20 heavy (non-hydrogen) atoms. The minimum atomic E-state index is -0.702. The lowest BCUT2D eigenvalue weighted by Gasteiger charge is -2.24. The van der Waals surface area contributed by atoms with E-state index in [-0.39, 0.29) is 5.82 Å². The van der Waals surface area contributed by atoms with E-state index in [1.54, 1.807) is 55.3 Å². The van der Waals surface area contributed by atoms with Gasteiger partial charge < -0.3 is 10.0 Å². The molecule has 0 spiro atoms. The number of aliphatic hydroxyl groups is 1. The minimum absolute atomic E-state index is 0.353. The predicted octanol–water partition coefficient (Wildman–Crippen LogP) is 3.52. The highest BCUT2D eigenvalue weighted by Gasteiger charge is 2.16. The molecule has 0 bridgehead atoms. The Kier molecular flexibility index (Phi) is 4.02. The Balaban J connectivity index is 2.56. The molecule has 2 aromatic rings. The Hall–Kier alpha value is -2.38. The fourth-order valence-corrected chi connectivity index (χ4v) is 2.11. The van der Waals surface area contributed by atoms with Gasteiger partial charge in [-0.3, -0.25) is 0 Å². The van der Waals surface area contributed by atoms with Gasteiger partial charge in [-0.15, -0.1) is 0 Å². The fourth-order valence-electron chi connectivity index (χ4n) is 2.11. The fraction of sp³-hybridized carbons (Fsp3) is 0.188. The van der Waals surface area contributed by atoms with E-state index in [1.807, 2.05) is 0 Å². The number of nitriles is 1. The molecule has 0 radical (unpaired) electrons. The van der Waals surface area contributed by atoms with Gasteiger partial charge in [0.1, 0.15) is 5.82 Å². The number of nitrogens with zero attached hydrogens (tertiary/aromatic N) is 2. The topological polar surface area (TPSA) is 47.3 Å². The van der Waals surface area contributed by atoms with Crippen LogP contribution in [0, 0.1) is 17.1 Å². The van der Waals surface area contributed by atoms with Gasteiger partial charge in [-0.25, -0.2) is 4.39 Å². The molecule has 1 N–H and O–H groups in total. The van der Waals surface area contributed by atoms with Gasteiger partial charge in [0, 0.05) is 18.3 Å². The van der Waals surface area contributed by atoms with Crippen molar-refractivity contribution >= 4 is 11.4 Å². The summed E-state index contributed by atoms with van der Waals surface area (Å²) in [5.74, 6) is -0.353. The standard InChI is InChI=1S/C16H15FN2O/c1-11(20)13-8-7-12(10-18)9-16(13)19(2)15-6-4-3-5-14(15)17/h3-9,11,20H,1-2H3. The molecule has 102 valence electrons. The molecule has 0 amide bonds. The molecule has 3 nitrogen and oxygen atoms in total. The van der Waals surface area contributed by atoms with E-state index in [9.17, 15) is 9.50 Å². The Morgan fingerprint density at radius 1 is 1.20 bits per heavy atom. The van der Waals surface area contributed by atoms with Crippen LogP contribution in [0.3, 0.4) is 0 Å². The summed E-state index contributed by atoms with van der Waals surface area (Å²) in [5, 5.41) is 18.8. The first kappa shape index (κ1) is 14.0. The van der Waals surface area contributed by atoms with E-state index in [2.05, 4.69) is 6.07 Å². The quantitative estimate of drug-likeness (QED) is 0.928. The second-order valence-corrected chi connectivity index (χ2v) is 4.57. The van der Waals surface area contributed by atoms with Crippen LogP contribution in [0.1, 0.15) is 24.2 Å². The normalized spacial score (nSPS) is 11.8. The SMILES string of the molecule is CC(O)c1ccc(C#N)cc1N(C)c1ccccc1F. The number of aliphatic hydroxyl groups excluding tert-OH is 1. The van der Waals surface area contributed by atoms with Gasteiger partial charge in [0.25, 0.3) is 0 Å². The van der Waals surface area contributed by atoms with Crippen molar-refractivity contribution in [2.45, 2.75) is 13.0 Å². The summed E-state index contributed by atoms with van der Waals surface area (Å²) in [6.07, 6.45) is -0.702. The molecule has 0 saturated carbocycles. The van der Waals surface area contributed by atoms with Gasteiger partial charge in [-0.05, 0) is 31.2 Å². The van der Waals surface area contributed by atoms with Gasteiger partial charge in [0.2, 0.25) is 0 Å². The Bertz CT molecular complexity index is 662. The molecular weight excluding hydrogens is 255 g/mol. The third kappa shape index (κ3) is 2.63. The number of benzene rings is 2. The summed E-state index contributed by atoms with van der Waals surface area (Å²) in [7, 11) is 1.71. The van der Waals surface area contributed by atoms with Crippen LogP contribution in [0.25, 0.3) is 0 Å². The Morgan fingerprint density at radius 3 is 2.50 bits per heavy atom. The van der Waals surface area contributed by atoms with Crippen molar-refractivity contribution in [3.63, 3.8) is 0 Å². The van der Waals surface area contributed by atoms with E-state index >= 15 is 0 Å². The second kappa shape index (κ2) is 5.72. The van der Waals surface area contributed by atoms with Crippen LogP contribution < -0.4 is 4.90 Å². The second-order valence-electron chi connectivity index (χ2n) is 4.57. The zero-order valence-electron chi connectivity index (χ0n) is 11.3. The number of anilines is 2. The van der Waals surface area contributed by atoms with Crippen LogP contribution in [0.15, 0.2) is 42.5 Å². The molecule has 0 aliphatic heterocycles. The van der Waals surface area contributed by atoms with Crippen molar-refractivity contribution in [1.29, 1.82) is 5.26 Å². The summed E-state index contributed by atoms with van der Waals surface area (Å²) in [5.41, 5.74) is 2.12. The number of para-hydroxylation sites is 1. The largest absolute Gasteiger partial charge is 0.389 e. The van der Waals surface area contributed by atoms with Crippen LogP contribution in [0.5, 0.6) is 0 Å². The molecule has 0 aromatic heterocycles. The van der Waals surface area contributed by atoms with Gasteiger partial charge in [0.15, 0.2) is 0 Å². The third-order valence-corrected chi connectivity index (χ3v) is 3.18. The van der Waals surface area contributed by atoms with Gasteiger partial charge in [-0.2, -0.15) is 5.26 Å². The van der Waals surface area contributed by atoms with E-state index < -0.39 is 6.10 Å². The summed E-state index contributed by atoms with van der Waals surface area (Å²) >= 11 is 0. The molecule has 0 fully saturated rings. The molecule has 0 heterocycles. The van der Waals surface area contributed by atoms with Crippen molar-refractivity contribution in [3.05, 3.63) is 59.4 Å². The maximum atomic E-state index is 13.9. The van der Waals surface area contributed by atoms with Crippen LogP contribution in [0.2, 0.25) is 0 Å². The average molecular weight is 270 g/mol. The van der Waals surface area contributed by atoms with Gasteiger partial charge >= 0.3 is 0 Å². The van der Waals surface area contributed by atoms with Crippen molar-refractivity contribution in [1.82, 2.24) is 0 Å². The highest BCUT2D eigenvalue weighted by Crippen LogP contribution is 2.32. The highest BCUT2D eigenvalue weighted by molar-refractivity contribution is 5.68. The molecule has 1 unspecified atom stereocenters. The first-order valence-electron chi connectivity index (χ1n) is 6.25. The molecule has 2 rings (SSSR count). The van der Waals surface area contributed by atoms with Crippen molar-refractivity contribution in [3.8, 4) is 6.07 Å². The number of rotatable bonds is 3. The summed E-state index contributed by atoms with van der Waals surface area (Å²) < 4.78 is 13.9. The number of hydrogen-bond acceptors (Lipinski definition) is 3. The lowest BCUT2D eigenvalue weighted by atomic mass is 10.0. The smallest absolute Gasteiger partial charge is 0.146 e. The summed E-state index contributed by atoms with van der Waals surface area (Å²) in [6.45, 7) is 1.64. The number of halogens is 1. The van der Waals surface area contributed by atoms with Crippen LogP contribution >= 0.6 is 0 Å². The van der Waals surface area contributed by atoms with Crippen LogP contribution in [0.4, 0.5) is 15.8 Å². The van der Waals surface area contributed by atoms with E-state index in [0.717, 1.165) is 0 Å². The first-order chi connectivity index (χ1) is 9.54. The average Bonchev–Trinajstić information content (AvgIpc) is 2.46. The molecule has 0 saturated heterocycles. The zero-order valence-corrected chi connectivity index (χ0v) is 11.3. The van der Waals surface area contributed by atoms with Crippen LogP contribution in [-0.2, 0) is 0 Å². The minimum Gasteiger partial charge on any atom is -0.389 e. The highest BCUT2D eigenvalue weighted by atomic mass is 19.1. The molecule has 2 aromatic carbocycles. The van der Waals surface area contributed by atoms with E-state index in [4.69, 9.17) is 5.26 Å².